The molecule has 1 fully saturated rings. The van der Waals surface area contributed by atoms with Crippen LogP contribution in [0.4, 0.5) is 0 Å². The lowest BCUT2D eigenvalue weighted by atomic mass is 9.91. The van der Waals surface area contributed by atoms with Crippen molar-refractivity contribution in [2.45, 2.75) is 102 Å². The Labute approximate surface area is 295 Å². The van der Waals surface area contributed by atoms with E-state index in [1.165, 1.54) is 6.26 Å². The third kappa shape index (κ3) is 11.2. The number of aliphatic hydroxyl groups excluding tert-OH is 2. The van der Waals surface area contributed by atoms with Crippen LogP contribution in [0, 0.1) is 0 Å². The van der Waals surface area contributed by atoms with Crippen molar-refractivity contribution >= 4 is 23.9 Å². The Morgan fingerprint density at radius 1 is 0.900 bits per heavy atom. The Bertz CT molecular complexity index is 1460. The highest BCUT2D eigenvalue weighted by Crippen LogP contribution is 2.43. The molecule has 2 aliphatic rings. The van der Waals surface area contributed by atoms with E-state index in [2.05, 4.69) is 24.5 Å². The van der Waals surface area contributed by atoms with Crippen molar-refractivity contribution in [1.82, 2.24) is 10.6 Å². The highest BCUT2D eigenvalue weighted by Gasteiger charge is 2.52. The van der Waals surface area contributed by atoms with Crippen molar-refractivity contribution < 1.29 is 43.5 Å². The summed E-state index contributed by atoms with van der Waals surface area (Å²) in [7, 11) is 0. The summed E-state index contributed by atoms with van der Waals surface area (Å²) in [6.07, 6.45) is 10.7. The van der Waals surface area contributed by atoms with Crippen molar-refractivity contribution in [2.75, 3.05) is 26.4 Å². The largest absolute Gasteiger partial charge is 0.499 e. The van der Waals surface area contributed by atoms with Gasteiger partial charge in [-0.25, -0.2) is 4.79 Å². The summed E-state index contributed by atoms with van der Waals surface area (Å²) in [5.41, 5.74) is 2.65. The summed E-state index contributed by atoms with van der Waals surface area (Å²) in [6, 6.07) is 13.8. The Balaban J connectivity index is 1.54. The van der Waals surface area contributed by atoms with Crippen LogP contribution in [0.15, 0.2) is 66.4 Å². The molecule has 0 radical (unpaired) electrons. The summed E-state index contributed by atoms with van der Waals surface area (Å²) in [5.74, 6) is -2.01. The molecule has 3 atom stereocenters. The van der Waals surface area contributed by atoms with E-state index in [1.54, 1.807) is 42.5 Å². The number of carbonyl (C=O) groups is 3. The fourth-order valence-electron chi connectivity index (χ4n) is 6.21. The number of esters is 1. The van der Waals surface area contributed by atoms with Gasteiger partial charge in [-0.15, -0.1) is 0 Å². The average Bonchev–Trinajstić information content (AvgIpc) is 3.50. The summed E-state index contributed by atoms with van der Waals surface area (Å²) >= 11 is 0. The molecule has 1 aliphatic carbocycles. The lowest BCUT2D eigenvalue weighted by molar-refractivity contribution is -0.190. The lowest BCUT2D eigenvalue weighted by Gasteiger charge is -2.31. The topological polar surface area (TPSA) is 153 Å². The molecule has 1 saturated heterocycles. The molecule has 0 bridgehead atoms. The first-order valence-corrected chi connectivity index (χ1v) is 17.8. The number of nitrogens with one attached hydrogen (secondary N) is 2. The number of hydrogen-bond donors (Lipinski definition) is 4. The van der Waals surface area contributed by atoms with Crippen LogP contribution in [0.3, 0.4) is 0 Å². The number of rotatable bonds is 20. The first-order chi connectivity index (χ1) is 24.3. The molecule has 11 nitrogen and oxygen atoms in total. The van der Waals surface area contributed by atoms with Gasteiger partial charge in [0.05, 0.1) is 25.0 Å². The predicted molar refractivity (Wildman–Crippen MR) is 189 cm³/mol. The Morgan fingerprint density at radius 3 is 2.36 bits per heavy atom. The maximum Gasteiger partial charge on any atom is 0.338 e. The number of hydrogen-bond acceptors (Lipinski definition) is 9. The van der Waals surface area contributed by atoms with Gasteiger partial charge in [0.25, 0.3) is 5.91 Å². The van der Waals surface area contributed by atoms with Crippen LogP contribution in [0.2, 0.25) is 0 Å². The fraction of sp³-hybridized carbons (Fsp3) is 0.513. The minimum Gasteiger partial charge on any atom is -0.499 e. The van der Waals surface area contributed by atoms with E-state index >= 15 is 0 Å². The van der Waals surface area contributed by atoms with Crippen LogP contribution in [-0.2, 0) is 30.3 Å². The summed E-state index contributed by atoms with van der Waals surface area (Å²) in [4.78, 5) is 39.6. The van der Waals surface area contributed by atoms with Crippen molar-refractivity contribution in [3.05, 3.63) is 88.7 Å². The van der Waals surface area contributed by atoms with E-state index in [0.717, 1.165) is 49.7 Å². The van der Waals surface area contributed by atoms with E-state index in [-0.39, 0.29) is 51.1 Å². The number of carbonyl (C=O) groups excluding carboxylic acids is 3. The van der Waals surface area contributed by atoms with Crippen molar-refractivity contribution in [2.24, 2.45) is 0 Å². The molecule has 0 unspecified atom stereocenters. The second-order valence-corrected chi connectivity index (χ2v) is 12.7. The number of benzene rings is 2. The normalized spacial score (nSPS) is 19.4. The van der Waals surface area contributed by atoms with Gasteiger partial charge in [-0.1, -0.05) is 63.8 Å². The molecule has 2 aromatic carbocycles. The van der Waals surface area contributed by atoms with Gasteiger partial charge in [-0.3, -0.25) is 9.59 Å². The molecule has 0 saturated carbocycles. The van der Waals surface area contributed by atoms with Gasteiger partial charge in [0.2, 0.25) is 5.91 Å². The zero-order chi connectivity index (χ0) is 35.8. The van der Waals surface area contributed by atoms with Gasteiger partial charge in [-0.2, -0.15) is 0 Å². The van der Waals surface area contributed by atoms with Crippen molar-refractivity contribution in [3.63, 3.8) is 0 Å². The standard InChI is InChI=1S/C39H52N2O9/c1-3-5-7-16-39(17-8-6-4-2)49-34-26-32(37(45)41-27-29-12-10-13-30(24-29)36(44)40-18-19-42)25-33(35(34)50-39)48-38(46)31-14-9-11-28(23-31)15-21-47-22-20-43/h9-15,21,23-24,26,33-35,42-43H,3-8,16-20,22,25,27H2,1-2H3,(H,40,44)(H,41,45)/t33-,34-,35+/m1/s1. The van der Waals surface area contributed by atoms with E-state index < -0.39 is 30.1 Å². The zero-order valence-electron chi connectivity index (χ0n) is 29.2. The maximum atomic E-state index is 13.6. The van der Waals surface area contributed by atoms with Gasteiger partial charge >= 0.3 is 5.97 Å². The molecule has 1 aliphatic heterocycles. The van der Waals surface area contributed by atoms with Gasteiger partial charge in [0.1, 0.15) is 24.9 Å². The van der Waals surface area contributed by atoms with Crippen molar-refractivity contribution in [3.8, 4) is 0 Å². The fourth-order valence-corrected chi connectivity index (χ4v) is 6.21. The van der Waals surface area contributed by atoms with Crippen LogP contribution < -0.4 is 10.6 Å². The first-order valence-electron chi connectivity index (χ1n) is 17.8. The number of unbranched alkanes of at least 4 members (excludes halogenated alkanes) is 4. The van der Waals surface area contributed by atoms with Gasteiger partial charge in [-0.05, 0) is 60.4 Å². The van der Waals surface area contributed by atoms with E-state index in [1.807, 2.05) is 18.2 Å². The second kappa shape index (κ2) is 20.0. The summed E-state index contributed by atoms with van der Waals surface area (Å²) in [6.45, 7) is 4.53. The Kier molecular flexibility index (Phi) is 15.5. The van der Waals surface area contributed by atoms with Crippen LogP contribution in [-0.4, -0.2) is 78.5 Å². The highest BCUT2D eigenvalue weighted by molar-refractivity contribution is 5.95. The van der Waals surface area contributed by atoms with Gasteiger partial charge < -0.3 is 39.8 Å². The molecular weight excluding hydrogens is 640 g/mol. The molecule has 4 rings (SSSR count). The average molecular weight is 693 g/mol. The molecule has 272 valence electrons. The molecule has 1 heterocycles. The molecule has 4 N–H and O–H groups in total. The number of amides is 2. The Morgan fingerprint density at radius 2 is 1.64 bits per heavy atom. The third-order valence-corrected chi connectivity index (χ3v) is 8.78. The molecule has 11 heteroatoms. The highest BCUT2D eigenvalue weighted by atomic mass is 16.8. The Hall–Kier alpha value is -4.03. The number of fused-ring (bicyclic) bond motifs is 1. The third-order valence-electron chi connectivity index (χ3n) is 8.78. The van der Waals surface area contributed by atoms with Gasteiger partial charge in [0.15, 0.2) is 5.79 Å². The molecule has 50 heavy (non-hydrogen) atoms. The molecule has 2 aromatic rings. The number of aliphatic hydroxyl groups is 2. The van der Waals surface area contributed by atoms with Crippen LogP contribution in [0.1, 0.15) is 103 Å². The zero-order valence-corrected chi connectivity index (χ0v) is 29.2. The quantitative estimate of drug-likeness (QED) is 0.0834. The minimum atomic E-state index is -0.830. The molecule has 2 amide bonds. The second-order valence-electron chi connectivity index (χ2n) is 12.7. The molecule has 0 aromatic heterocycles. The maximum absolute atomic E-state index is 13.6. The molecule has 0 spiro atoms. The lowest BCUT2D eigenvalue weighted by Crippen LogP contribution is -2.43. The van der Waals surface area contributed by atoms with E-state index in [9.17, 15) is 14.4 Å². The monoisotopic (exact) mass is 692 g/mol. The smallest absolute Gasteiger partial charge is 0.338 e. The molecular formula is C39H52N2O9. The number of ether oxygens (including phenoxy) is 4. The van der Waals surface area contributed by atoms with E-state index in [0.29, 0.717) is 29.5 Å². The minimum absolute atomic E-state index is 0.100. The van der Waals surface area contributed by atoms with Crippen LogP contribution in [0.25, 0.3) is 6.08 Å². The predicted octanol–water partition coefficient (Wildman–Crippen LogP) is 5.20. The van der Waals surface area contributed by atoms with E-state index in [4.69, 9.17) is 29.2 Å². The summed E-state index contributed by atoms with van der Waals surface area (Å²) < 4.78 is 24.8. The van der Waals surface area contributed by atoms with Crippen molar-refractivity contribution in [1.29, 1.82) is 0 Å². The SMILES string of the molecule is CCCCCC1(CCCCC)O[C@@H]2[C@@H](C=C(C(=O)NCc3cccc(C(=O)NCCO)c3)C[C@H]2OC(=O)c2cccc(C=COCCO)c2)O1. The van der Waals surface area contributed by atoms with Crippen LogP contribution >= 0.6 is 0 Å². The van der Waals surface area contributed by atoms with Gasteiger partial charge in [0, 0.05) is 43.5 Å². The first kappa shape index (κ1) is 38.8. The summed E-state index contributed by atoms with van der Waals surface area (Å²) in [5, 5.41) is 23.5. The van der Waals surface area contributed by atoms with Crippen LogP contribution in [0.5, 0.6) is 0 Å².